The fourth-order valence-corrected chi connectivity index (χ4v) is 4.16. The smallest absolute Gasteiger partial charge is 0.339 e. The molecule has 0 unspecified atom stereocenters. The number of hydrogen-bond acceptors (Lipinski definition) is 6. The molecule has 1 aromatic heterocycles. The lowest BCUT2D eigenvalue weighted by molar-refractivity contribution is -0.113. The lowest BCUT2D eigenvalue weighted by atomic mass is 10.1. The van der Waals surface area contributed by atoms with Crippen LogP contribution in [0.3, 0.4) is 0 Å². The average Bonchev–Trinajstić information content (AvgIpc) is 2.84. The molecular formula is C25H20ClN3O3S. The van der Waals surface area contributed by atoms with Gasteiger partial charge in [0.25, 0.3) is 0 Å². The number of carbonyl (C=O) groups is 2. The Bertz CT molecular complexity index is 1310. The molecule has 1 heterocycles. The van der Waals surface area contributed by atoms with E-state index < -0.39 is 5.97 Å². The van der Waals surface area contributed by atoms with Gasteiger partial charge in [-0.1, -0.05) is 59.8 Å². The molecule has 0 aliphatic carbocycles. The van der Waals surface area contributed by atoms with Crippen LogP contribution >= 0.6 is 23.4 Å². The summed E-state index contributed by atoms with van der Waals surface area (Å²) in [6.45, 7) is 0. The average molecular weight is 478 g/mol. The zero-order chi connectivity index (χ0) is 23.2. The van der Waals surface area contributed by atoms with Crippen molar-refractivity contribution in [3.8, 4) is 0 Å². The molecule has 0 radical (unpaired) electrons. The molecule has 0 aliphatic heterocycles. The van der Waals surface area contributed by atoms with Crippen LogP contribution in [0.2, 0.25) is 5.02 Å². The van der Waals surface area contributed by atoms with Crippen molar-refractivity contribution in [2.75, 3.05) is 18.2 Å². The molecule has 8 heteroatoms. The first-order valence-corrected chi connectivity index (χ1v) is 11.5. The number of para-hydroxylation sites is 3. The maximum Gasteiger partial charge on any atom is 0.339 e. The maximum atomic E-state index is 12.7. The number of anilines is 1. The van der Waals surface area contributed by atoms with E-state index in [0.717, 1.165) is 22.3 Å². The molecule has 0 atom stereocenters. The van der Waals surface area contributed by atoms with Gasteiger partial charge in [-0.05, 0) is 42.0 Å². The van der Waals surface area contributed by atoms with E-state index >= 15 is 0 Å². The Morgan fingerprint density at radius 2 is 1.61 bits per heavy atom. The summed E-state index contributed by atoms with van der Waals surface area (Å²) in [5.74, 6) is -0.663. The summed E-state index contributed by atoms with van der Waals surface area (Å²) in [6.07, 6.45) is 0.560. The largest absolute Gasteiger partial charge is 0.465 e. The zero-order valence-electron chi connectivity index (χ0n) is 17.7. The standard InChI is InChI=1S/C25H20ClN3O3S/c1-32-25(31)18-6-2-3-7-19(18)28-23(30)15-33-24-22(14-16-10-12-17(26)13-11-16)27-20-8-4-5-9-21(20)29-24/h2-13H,14-15H2,1H3,(H,28,30). The maximum absolute atomic E-state index is 12.7. The second-order valence-corrected chi connectivity index (χ2v) is 8.54. The fourth-order valence-electron chi connectivity index (χ4n) is 3.25. The topological polar surface area (TPSA) is 81.2 Å². The van der Waals surface area contributed by atoms with Crippen LogP contribution in [0.4, 0.5) is 5.69 Å². The highest BCUT2D eigenvalue weighted by Gasteiger charge is 2.16. The predicted molar refractivity (Wildman–Crippen MR) is 131 cm³/mol. The van der Waals surface area contributed by atoms with Gasteiger partial charge in [0, 0.05) is 11.4 Å². The molecule has 0 bridgehead atoms. The minimum absolute atomic E-state index is 0.107. The van der Waals surface area contributed by atoms with Gasteiger partial charge in [0.2, 0.25) is 5.91 Å². The molecule has 0 fully saturated rings. The van der Waals surface area contributed by atoms with Gasteiger partial charge in [-0.2, -0.15) is 0 Å². The van der Waals surface area contributed by atoms with Gasteiger partial charge in [0.15, 0.2) is 0 Å². The SMILES string of the molecule is COC(=O)c1ccccc1NC(=O)CSc1nc2ccccc2nc1Cc1ccc(Cl)cc1. The third-order valence-corrected chi connectivity index (χ3v) is 6.10. The van der Waals surface area contributed by atoms with Gasteiger partial charge in [0.1, 0.15) is 5.03 Å². The monoisotopic (exact) mass is 477 g/mol. The number of methoxy groups -OCH3 is 1. The molecule has 1 N–H and O–H groups in total. The van der Waals surface area contributed by atoms with Crippen LogP contribution in [0.5, 0.6) is 0 Å². The highest BCUT2D eigenvalue weighted by Crippen LogP contribution is 2.26. The summed E-state index contributed by atoms with van der Waals surface area (Å²) in [5, 5.41) is 4.13. The first-order valence-electron chi connectivity index (χ1n) is 10.1. The van der Waals surface area contributed by atoms with Crippen LogP contribution in [0.1, 0.15) is 21.6 Å². The molecular weight excluding hydrogens is 458 g/mol. The summed E-state index contributed by atoms with van der Waals surface area (Å²) in [7, 11) is 1.30. The van der Waals surface area contributed by atoms with Crippen LogP contribution in [-0.2, 0) is 16.0 Å². The van der Waals surface area contributed by atoms with Gasteiger partial charge in [-0.3, -0.25) is 4.79 Å². The molecule has 0 spiro atoms. The summed E-state index contributed by atoms with van der Waals surface area (Å²) in [5.41, 5.74) is 4.08. The van der Waals surface area contributed by atoms with Gasteiger partial charge in [-0.25, -0.2) is 14.8 Å². The number of aromatic nitrogens is 2. The van der Waals surface area contributed by atoms with Crippen molar-refractivity contribution >= 4 is 52.0 Å². The van der Waals surface area contributed by atoms with E-state index in [4.69, 9.17) is 26.3 Å². The number of nitrogens with one attached hydrogen (secondary N) is 1. The van der Waals surface area contributed by atoms with Gasteiger partial charge >= 0.3 is 5.97 Å². The molecule has 4 rings (SSSR count). The van der Waals surface area contributed by atoms with Crippen molar-refractivity contribution in [2.45, 2.75) is 11.4 Å². The molecule has 0 saturated heterocycles. The Labute approximate surface area is 200 Å². The Balaban J connectivity index is 1.54. The highest BCUT2D eigenvalue weighted by molar-refractivity contribution is 8.00. The van der Waals surface area contributed by atoms with Crippen LogP contribution in [-0.4, -0.2) is 34.7 Å². The summed E-state index contributed by atoms with van der Waals surface area (Å²) in [6, 6.07) is 21.9. The van der Waals surface area contributed by atoms with Crippen LogP contribution in [0, 0.1) is 0 Å². The van der Waals surface area contributed by atoms with Crippen molar-refractivity contribution in [2.24, 2.45) is 0 Å². The molecule has 1 amide bonds. The zero-order valence-corrected chi connectivity index (χ0v) is 19.3. The summed E-state index contributed by atoms with van der Waals surface area (Å²) >= 11 is 7.31. The molecule has 0 saturated carbocycles. The fraction of sp³-hybridized carbons (Fsp3) is 0.120. The molecule has 33 heavy (non-hydrogen) atoms. The van der Waals surface area contributed by atoms with E-state index in [0.29, 0.717) is 27.7 Å². The quantitative estimate of drug-likeness (QED) is 0.284. The van der Waals surface area contributed by atoms with E-state index in [2.05, 4.69) is 5.32 Å². The number of carbonyl (C=O) groups excluding carboxylic acids is 2. The normalized spacial score (nSPS) is 10.7. The van der Waals surface area contributed by atoms with E-state index in [-0.39, 0.29) is 11.7 Å². The predicted octanol–water partition coefficient (Wildman–Crippen LogP) is 5.39. The molecule has 3 aromatic carbocycles. The molecule has 0 aliphatic rings. The van der Waals surface area contributed by atoms with Gasteiger partial charge in [0.05, 0.1) is 40.8 Å². The van der Waals surface area contributed by atoms with Crippen molar-refractivity contribution in [3.63, 3.8) is 0 Å². The first-order chi connectivity index (χ1) is 16.0. The number of rotatable bonds is 7. The number of ether oxygens (including phenoxy) is 1. The number of hydrogen-bond donors (Lipinski definition) is 1. The molecule has 4 aromatic rings. The van der Waals surface area contributed by atoms with Gasteiger partial charge < -0.3 is 10.1 Å². The summed E-state index contributed by atoms with van der Waals surface area (Å²) < 4.78 is 4.79. The van der Waals surface area contributed by atoms with E-state index in [1.165, 1.54) is 18.9 Å². The Hall–Kier alpha value is -3.42. The number of benzene rings is 3. The van der Waals surface area contributed by atoms with Crippen LogP contribution in [0.15, 0.2) is 77.8 Å². The summed E-state index contributed by atoms with van der Waals surface area (Å²) in [4.78, 5) is 34.2. The van der Waals surface area contributed by atoms with Crippen LogP contribution in [0.25, 0.3) is 11.0 Å². The second-order valence-electron chi connectivity index (χ2n) is 7.14. The Morgan fingerprint density at radius 3 is 2.33 bits per heavy atom. The van der Waals surface area contributed by atoms with Crippen LogP contribution < -0.4 is 5.32 Å². The van der Waals surface area contributed by atoms with Crippen molar-refractivity contribution < 1.29 is 14.3 Å². The van der Waals surface area contributed by atoms with E-state index in [1.54, 1.807) is 24.3 Å². The van der Waals surface area contributed by atoms with Crippen molar-refractivity contribution in [1.29, 1.82) is 0 Å². The van der Waals surface area contributed by atoms with Crippen molar-refractivity contribution in [1.82, 2.24) is 9.97 Å². The highest BCUT2D eigenvalue weighted by atomic mass is 35.5. The molecule has 6 nitrogen and oxygen atoms in total. The van der Waals surface area contributed by atoms with E-state index in [9.17, 15) is 9.59 Å². The third-order valence-electron chi connectivity index (χ3n) is 4.84. The third kappa shape index (κ3) is 5.69. The number of amides is 1. The van der Waals surface area contributed by atoms with Crippen molar-refractivity contribution in [3.05, 3.63) is 94.6 Å². The number of thioether (sulfide) groups is 1. The lowest BCUT2D eigenvalue weighted by Crippen LogP contribution is -2.17. The van der Waals surface area contributed by atoms with Gasteiger partial charge in [-0.15, -0.1) is 0 Å². The number of esters is 1. The second kappa shape index (κ2) is 10.5. The minimum Gasteiger partial charge on any atom is -0.465 e. The van der Waals surface area contributed by atoms with E-state index in [1.807, 2.05) is 48.5 Å². The molecule has 166 valence electrons. The minimum atomic E-state index is -0.510. The lowest BCUT2D eigenvalue weighted by Gasteiger charge is -2.11. The Kier molecular flexibility index (Phi) is 7.22. The number of nitrogens with zero attached hydrogens (tertiary/aromatic N) is 2. The Morgan fingerprint density at radius 1 is 0.939 bits per heavy atom. The number of fused-ring (bicyclic) bond motifs is 1. The first kappa shape index (κ1) is 22.8. The number of halogens is 1.